The van der Waals surface area contributed by atoms with Crippen molar-refractivity contribution in [2.75, 3.05) is 19.0 Å². The van der Waals surface area contributed by atoms with Crippen LogP contribution in [0.2, 0.25) is 0 Å². The van der Waals surface area contributed by atoms with E-state index in [4.69, 9.17) is 9.47 Å². The first kappa shape index (κ1) is 20.2. The first-order valence-corrected chi connectivity index (χ1v) is 9.05. The van der Waals surface area contributed by atoms with Gasteiger partial charge in [-0.05, 0) is 37.6 Å². The van der Waals surface area contributed by atoms with Crippen LogP contribution in [0.4, 0.5) is 0 Å². The number of hydrazone groups is 1. The van der Waals surface area contributed by atoms with E-state index in [1.165, 1.54) is 6.21 Å². The highest BCUT2D eigenvalue weighted by molar-refractivity contribution is 7.99. The molecule has 0 spiro atoms. The number of carbonyl (C=O) groups excluding carboxylic acids is 1. The largest absolute Gasteiger partial charge is 0.490 e. The fraction of sp³-hybridized carbons (Fsp3) is 0.312. The minimum absolute atomic E-state index is 0.0124. The Bertz CT molecular complexity index is 924. The molecule has 1 heterocycles. The Balaban J connectivity index is 1.92. The average Bonchev–Trinajstić information content (AvgIpc) is 2.63. The van der Waals surface area contributed by atoms with Gasteiger partial charge in [-0.3, -0.25) is 14.6 Å². The molecule has 0 radical (unpaired) electrons. The number of aromatic nitrogens is 3. The number of carbonyl (C=O) groups is 1. The molecule has 0 bridgehead atoms. The molecule has 0 fully saturated rings. The van der Waals surface area contributed by atoms with Crippen LogP contribution in [0.3, 0.4) is 0 Å². The highest BCUT2D eigenvalue weighted by Gasteiger charge is 2.08. The summed E-state index contributed by atoms with van der Waals surface area (Å²) in [5, 5.41) is 9.51. The van der Waals surface area contributed by atoms with Crippen molar-refractivity contribution >= 4 is 23.9 Å². The molecule has 3 N–H and O–H groups in total. The monoisotopic (exact) mass is 393 g/mol. The lowest BCUT2D eigenvalue weighted by Crippen LogP contribution is -2.26. The summed E-state index contributed by atoms with van der Waals surface area (Å²) in [4.78, 5) is 36.2. The number of ether oxygens (including phenoxy) is 2. The van der Waals surface area contributed by atoms with E-state index in [0.29, 0.717) is 30.3 Å². The van der Waals surface area contributed by atoms with Gasteiger partial charge in [-0.25, -0.2) is 15.3 Å². The molecule has 1 amide bonds. The van der Waals surface area contributed by atoms with Crippen LogP contribution in [0.5, 0.6) is 11.5 Å². The summed E-state index contributed by atoms with van der Waals surface area (Å²) >= 11 is 0.879. The van der Waals surface area contributed by atoms with E-state index >= 15 is 0 Å². The van der Waals surface area contributed by atoms with Crippen molar-refractivity contribution in [2.45, 2.75) is 18.9 Å². The number of thioether (sulfide) groups is 1. The third-order valence-electron chi connectivity index (χ3n) is 2.99. The Morgan fingerprint density at radius 2 is 2.00 bits per heavy atom. The summed E-state index contributed by atoms with van der Waals surface area (Å²) in [6.45, 7) is 4.77. The zero-order valence-electron chi connectivity index (χ0n) is 14.8. The molecule has 0 aliphatic rings. The second-order valence-corrected chi connectivity index (χ2v) is 5.93. The molecule has 0 unspecified atom stereocenters. The fourth-order valence-electron chi connectivity index (χ4n) is 1.93. The van der Waals surface area contributed by atoms with E-state index in [9.17, 15) is 14.4 Å². The van der Waals surface area contributed by atoms with Gasteiger partial charge in [0.05, 0.1) is 25.2 Å². The van der Waals surface area contributed by atoms with E-state index in [-0.39, 0.29) is 10.8 Å². The van der Waals surface area contributed by atoms with Crippen molar-refractivity contribution in [3.8, 4) is 11.5 Å². The lowest BCUT2D eigenvalue weighted by molar-refractivity contribution is -0.118. The molecule has 1 aromatic carbocycles. The Morgan fingerprint density at radius 3 is 2.70 bits per heavy atom. The number of amides is 1. The molecule has 0 aliphatic heterocycles. The number of aromatic amines is 2. The van der Waals surface area contributed by atoms with E-state index in [2.05, 4.69) is 20.7 Å². The SMILES string of the molecule is CCOc1ccc(/C=N/NC(=O)CSc2n[nH]c(=O)[nH]c2=O)cc1OCC. The van der Waals surface area contributed by atoms with Crippen LogP contribution in [0, 0.1) is 0 Å². The third-order valence-corrected chi connectivity index (χ3v) is 3.95. The van der Waals surface area contributed by atoms with Crippen LogP contribution in [0.15, 0.2) is 37.9 Å². The Morgan fingerprint density at radius 1 is 1.26 bits per heavy atom. The van der Waals surface area contributed by atoms with Crippen molar-refractivity contribution in [1.82, 2.24) is 20.6 Å². The van der Waals surface area contributed by atoms with Gasteiger partial charge in [-0.1, -0.05) is 11.8 Å². The number of rotatable bonds is 9. The van der Waals surface area contributed by atoms with Crippen molar-refractivity contribution < 1.29 is 14.3 Å². The zero-order chi connectivity index (χ0) is 19.6. The third kappa shape index (κ3) is 6.29. The Labute approximate surface area is 158 Å². The molecule has 2 rings (SSSR count). The zero-order valence-corrected chi connectivity index (χ0v) is 15.6. The molecule has 0 aliphatic carbocycles. The first-order chi connectivity index (χ1) is 13.0. The lowest BCUT2D eigenvalue weighted by atomic mass is 10.2. The maximum Gasteiger partial charge on any atom is 0.342 e. The summed E-state index contributed by atoms with van der Waals surface area (Å²) in [6, 6.07) is 5.30. The second-order valence-electron chi connectivity index (χ2n) is 4.97. The Kier molecular flexibility index (Phi) is 7.62. The molecular formula is C16H19N5O5S. The van der Waals surface area contributed by atoms with E-state index in [1.807, 2.05) is 18.8 Å². The molecule has 0 atom stereocenters. The number of nitrogens with one attached hydrogen (secondary N) is 3. The van der Waals surface area contributed by atoms with Crippen molar-refractivity contribution in [2.24, 2.45) is 5.10 Å². The predicted molar refractivity (Wildman–Crippen MR) is 101 cm³/mol. The summed E-state index contributed by atoms with van der Waals surface area (Å²) in [5.74, 6) is 0.705. The Hall–Kier alpha value is -3.08. The molecule has 10 nitrogen and oxygen atoms in total. The predicted octanol–water partition coefficient (Wildman–Crippen LogP) is 0.498. The van der Waals surface area contributed by atoms with Crippen LogP contribution in [-0.2, 0) is 4.79 Å². The van der Waals surface area contributed by atoms with E-state index in [0.717, 1.165) is 11.8 Å². The van der Waals surface area contributed by atoms with Crippen LogP contribution < -0.4 is 26.1 Å². The van der Waals surface area contributed by atoms with E-state index in [1.54, 1.807) is 18.2 Å². The highest BCUT2D eigenvalue weighted by Crippen LogP contribution is 2.27. The van der Waals surface area contributed by atoms with Gasteiger partial charge in [0, 0.05) is 0 Å². The smallest absolute Gasteiger partial charge is 0.342 e. The van der Waals surface area contributed by atoms with Crippen molar-refractivity contribution in [1.29, 1.82) is 0 Å². The molecule has 0 saturated carbocycles. The lowest BCUT2D eigenvalue weighted by Gasteiger charge is -2.11. The van der Waals surface area contributed by atoms with Gasteiger partial charge in [-0.2, -0.15) is 10.2 Å². The molecule has 2 aromatic rings. The topological polar surface area (TPSA) is 139 Å². The molecule has 27 heavy (non-hydrogen) atoms. The highest BCUT2D eigenvalue weighted by atomic mass is 32.2. The summed E-state index contributed by atoms with van der Waals surface area (Å²) in [6.07, 6.45) is 1.46. The van der Waals surface area contributed by atoms with Crippen LogP contribution in [0.25, 0.3) is 0 Å². The maximum absolute atomic E-state index is 11.8. The normalized spacial score (nSPS) is 10.7. The van der Waals surface area contributed by atoms with Crippen LogP contribution >= 0.6 is 11.8 Å². The number of nitrogens with zero attached hydrogens (tertiary/aromatic N) is 2. The van der Waals surface area contributed by atoms with Crippen molar-refractivity contribution in [3.63, 3.8) is 0 Å². The van der Waals surface area contributed by atoms with Gasteiger partial charge in [0.1, 0.15) is 0 Å². The minimum Gasteiger partial charge on any atom is -0.490 e. The molecule has 11 heteroatoms. The minimum atomic E-state index is -0.708. The fourth-order valence-corrected chi connectivity index (χ4v) is 2.55. The molecule has 1 aromatic heterocycles. The van der Waals surface area contributed by atoms with Crippen LogP contribution in [-0.4, -0.2) is 46.3 Å². The van der Waals surface area contributed by atoms with Gasteiger partial charge in [-0.15, -0.1) is 0 Å². The number of benzene rings is 1. The quantitative estimate of drug-likeness (QED) is 0.320. The van der Waals surface area contributed by atoms with Gasteiger partial charge in [0.2, 0.25) is 5.91 Å². The number of hydrogen-bond acceptors (Lipinski definition) is 8. The number of H-pyrrole nitrogens is 2. The van der Waals surface area contributed by atoms with Gasteiger partial charge >= 0.3 is 5.69 Å². The second kappa shape index (κ2) is 10.2. The number of hydrogen-bond donors (Lipinski definition) is 3. The molecule has 0 saturated heterocycles. The van der Waals surface area contributed by atoms with E-state index < -0.39 is 17.2 Å². The summed E-state index contributed by atoms with van der Waals surface area (Å²) < 4.78 is 11.0. The van der Waals surface area contributed by atoms with Gasteiger partial charge in [0.25, 0.3) is 5.56 Å². The summed E-state index contributed by atoms with van der Waals surface area (Å²) in [7, 11) is 0. The molecule has 144 valence electrons. The van der Waals surface area contributed by atoms with Gasteiger partial charge < -0.3 is 9.47 Å². The molecular weight excluding hydrogens is 374 g/mol. The average molecular weight is 393 g/mol. The first-order valence-electron chi connectivity index (χ1n) is 8.06. The van der Waals surface area contributed by atoms with Crippen molar-refractivity contribution in [3.05, 3.63) is 44.6 Å². The maximum atomic E-state index is 11.8. The standard InChI is InChI=1S/C16H19N5O5S/c1-3-25-11-6-5-10(7-12(11)26-4-2)8-17-19-13(22)9-27-15-14(23)18-16(24)21-20-15/h5-8H,3-4,9H2,1-2H3,(H,19,22)(H2,18,21,23,24)/b17-8+. The van der Waals surface area contributed by atoms with Crippen LogP contribution in [0.1, 0.15) is 19.4 Å². The summed E-state index contributed by atoms with van der Waals surface area (Å²) in [5.41, 5.74) is 1.70. The van der Waals surface area contributed by atoms with Gasteiger partial charge in [0.15, 0.2) is 16.5 Å².